The molecule has 1 atom stereocenters. The Morgan fingerprint density at radius 1 is 0.302 bits per heavy atom. The molecule has 0 fully saturated rings. The molecular weight excluding hydrogens is 781 g/mol. The molecule has 0 rings (SSSR count). The summed E-state index contributed by atoms with van der Waals surface area (Å²) >= 11 is 0. The van der Waals surface area contributed by atoms with Crippen molar-refractivity contribution in [2.75, 3.05) is 13.2 Å². The third kappa shape index (κ3) is 51.3. The highest BCUT2D eigenvalue weighted by Crippen LogP contribution is 2.18. The van der Waals surface area contributed by atoms with Gasteiger partial charge >= 0.3 is 17.9 Å². The first-order chi connectivity index (χ1) is 30.7. The van der Waals surface area contributed by atoms with Crippen molar-refractivity contribution in [2.24, 2.45) is 11.8 Å². The summed E-state index contributed by atoms with van der Waals surface area (Å²) in [5.74, 6) is 0.842. The molecule has 0 saturated heterocycles. The van der Waals surface area contributed by atoms with Crippen LogP contribution in [0.1, 0.15) is 317 Å². The predicted molar refractivity (Wildman–Crippen MR) is 270 cm³/mol. The van der Waals surface area contributed by atoms with E-state index in [9.17, 15) is 14.4 Å². The van der Waals surface area contributed by atoms with E-state index >= 15 is 0 Å². The molecule has 0 aliphatic heterocycles. The lowest BCUT2D eigenvalue weighted by Crippen LogP contribution is -2.30. The van der Waals surface area contributed by atoms with E-state index in [1.165, 1.54) is 205 Å². The monoisotopic (exact) mass is 891 g/mol. The molecular formula is C57H110O6. The van der Waals surface area contributed by atoms with Crippen molar-refractivity contribution in [3.8, 4) is 0 Å². The van der Waals surface area contributed by atoms with Crippen molar-refractivity contribution in [1.29, 1.82) is 0 Å². The molecule has 63 heavy (non-hydrogen) atoms. The average Bonchev–Trinajstić information content (AvgIpc) is 3.25. The lowest BCUT2D eigenvalue weighted by molar-refractivity contribution is -0.167. The topological polar surface area (TPSA) is 78.9 Å². The molecule has 0 aromatic rings. The molecule has 0 heterocycles. The average molecular weight is 892 g/mol. The number of ether oxygens (including phenoxy) is 3. The minimum Gasteiger partial charge on any atom is -0.462 e. The smallest absolute Gasteiger partial charge is 0.306 e. The van der Waals surface area contributed by atoms with Crippen LogP contribution in [0.2, 0.25) is 0 Å². The molecule has 0 aromatic carbocycles. The fraction of sp³-hybridized carbons (Fsp3) is 0.947. The Hall–Kier alpha value is -1.59. The van der Waals surface area contributed by atoms with Crippen LogP contribution >= 0.6 is 0 Å². The maximum Gasteiger partial charge on any atom is 0.306 e. The zero-order chi connectivity index (χ0) is 46.1. The molecule has 0 saturated carbocycles. The maximum absolute atomic E-state index is 12.8. The lowest BCUT2D eigenvalue weighted by atomic mass is 10.0. The Bertz CT molecular complexity index is 962. The Labute approximate surface area is 393 Å². The summed E-state index contributed by atoms with van der Waals surface area (Å²) in [6.45, 7) is 11.4. The van der Waals surface area contributed by atoms with Crippen LogP contribution in [0.5, 0.6) is 0 Å². The van der Waals surface area contributed by atoms with Gasteiger partial charge in [-0.05, 0) is 31.1 Å². The number of rotatable bonds is 51. The first-order valence-corrected chi connectivity index (χ1v) is 28.2. The standard InChI is InChI=1S/C57H110O6/c1-6-7-8-9-10-11-12-22-29-34-39-44-49-57(60)63-54(51-62-56(59)48-43-38-33-28-24-19-18-21-26-31-36-41-46-53(4)5)50-61-55(58)47-42-37-32-27-23-17-15-13-14-16-20-25-30-35-40-45-52(2)3/h52-54H,6-51H2,1-5H3/t54-/m0/s1. The summed E-state index contributed by atoms with van der Waals surface area (Å²) in [6, 6.07) is 0. The summed E-state index contributed by atoms with van der Waals surface area (Å²) in [6.07, 6.45) is 52.3. The van der Waals surface area contributed by atoms with Crippen molar-refractivity contribution in [1.82, 2.24) is 0 Å². The molecule has 0 amide bonds. The molecule has 0 aliphatic carbocycles. The number of esters is 3. The van der Waals surface area contributed by atoms with Crippen LogP contribution in [-0.2, 0) is 28.6 Å². The van der Waals surface area contributed by atoms with Crippen molar-refractivity contribution in [3.05, 3.63) is 0 Å². The zero-order valence-corrected chi connectivity index (χ0v) is 43.2. The molecule has 6 heteroatoms. The predicted octanol–water partition coefficient (Wildman–Crippen LogP) is 18.5. The second-order valence-corrected chi connectivity index (χ2v) is 20.5. The molecule has 0 unspecified atom stereocenters. The van der Waals surface area contributed by atoms with Gasteiger partial charge in [0.2, 0.25) is 0 Å². The van der Waals surface area contributed by atoms with Gasteiger partial charge in [0.25, 0.3) is 0 Å². The van der Waals surface area contributed by atoms with E-state index in [-0.39, 0.29) is 31.1 Å². The number of unbranched alkanes of at least 4 members (excludes halogenated alkanes) is 36. The molecule has 0 bridgehead atoms. The maximum atomic E-state index is 12.8. The van der Waals surface area contributed by atoms with Crippen LogP contribution in [0, 0.1) is 11.8 Å². The Kier molecular flexibility index (Phi) is 48.6. The second kappa shape index (κ2) is 49.8. The molecule has 0 spiro atoms. The van der Waals surface area contributed by atoms with Crippen LogP contribution in [0.4, 0.5) is 0 Å². The molecule has 6 nitrogen and oxygen atoms in total. The van der Waals surface area contributed by atoms with Gasteiger partial charge in [-0.25, -0.2) is 0 Å². The number of hydrogen-bond donors (Lipinski definition) is 0. The molecule has 374 valence electrons. The zero-order valence-electron chi connectivity index (χ0n) is 43.2. The van der Waals surface area contributed by atoms with E-state index < -0.39 is 6.10 Å². The van der Waals surface area contributed by atoms with Crippen LogP contribution in [0.15, 0.2) is 0 Å². The Balaban J connectivity index is 4.27. The van der Waals surface area contributed by atoms with Crippen molar-refractivity contribution in [3.63, 3.8) is 0 Å². The van der Waals surface area contributed by atoms with Crippen LogP contribution in [0.25, 0.3) is 0 Å². The van der Waals surface area contributed by atoms with Crippen molar-refractivity contribution in [2.45, 2.75) is 323 Å². The fourth-order valence-corrected chi connectivity index (χ4v) is 8.70. The normalized spacial score (nSPS) is 12.0. The van der Waals surface area contributed by atoms with E-state index in [0.29, 0.717) is 19.3 Å². The first-order valence-electron chi connectivity index (χ1n) is 28.2. The second-order valence-electron chi connectivity index (χ2n) is 20.5. The van der Waals surface area contributed by atoms with Gasteiger partial charge in [-0.1, -0.05) is 279 Å². The van der Waals surface area contributed by atoms with Gasteiger partial charge in [0.1, 0.15) is 13.2 Å². The third-order valence-corrected chi connectivity index (χ3v) is 13.0. The fourth-order valence-electron chi connectivity index (χ4n) is 8.70. The summed E-state index contributed by atoms with van der Waals surface area (Å²) < 4.78 is 16.9. The van der Waals surface area contributed by atoms with E-state index in [4.69, 9.17) is 14.2 Å². The molecule has 0 radical (unpaired) electrons. The summed E-state index contributed by atoms with van der Waals surface area (Å²) in [5, 5.41) is 0. The van der Waals surface area contributed by atoms with Crippen molar-refractivity contribution < 1.29 is 28.6 Å². The van der Waals surface area contributed by atoms with Crippen LogP contribution in [0.3, 0.4) is 0 Å². The van der Waals surface area contributed by atoms with Gasteiger partial charge < -0.3 is 14.2 Å². The Morgan fingerprint density at radius 3 is 0.778 bits per heavy atom. The summed E-state index contributed by atoms with van der Waals surface area (Å²) in [7, 11) is 0. The van der Waals surface area contributed by atoms with E-state index in [0.717, 1.165) is 69.6 Å². The summed E-state index contributed by atoms with van der Waals surface area (Å²) in [5.41, 5.74) is 0. The van der Waals surface area contributed by atoms with Crippen molar-refractivity contribution >= 4 is 17.9 Å². The van der Waals surface area contributed by atoms with Gasteiger partial charge in [-0.15, -0.1) is 0 Å². The highest BCUT2D eigenvalue weighted by molar-refractivity contribution is 5.71. The minimum atomic E-state index is -0.762. The quantitative estimate of drug-likeness (QED) is 0.0344. The highest BCUT2D eigenvalue weighted by Gasteiger charge is 2.19. The lowest BCUT2D eigenvalue weighted by Gasteiger charge is -2.18. The van der Waals surface area contributed by atoms with Gasteiger partial charge in [-0.2, -0.15) is 0 Å². The highest BCUT2D eigenvalue weighted by atomic mass is 16.6. The van der Waals surface area contributed by atoms with E-state index in [1.807, 2.05) is 0 Å². The van der Waals surface area contributed by atoms with Crippen LogP contribution < -0.4 is 0 Å². The van der Waals surface area contributed by atoms with E-state index in [2.05, 4.69) is 34.6 Å². The van der Waals surface area contributed by atoms with Gasteiger partial charge in [0.15, 0.2) is 6.10 Å². The SMILES string of the molecule is CCCCCCCCCCCCCCC(=O)O[C@@H](COC(=O)CCCCCCCCCCCCCCCCCC(C)C)COC(=O)CCCCCCCCCCCCCCC(C)C. The number of carbonyl (C=O) groups excluding carboxylic acids is 3. The molecule has 0 N–H and O–H groups in total. The minimum absolute atomic E-state index is 0.0628. The van der Waals surface area contributed by atoms with Crippen LogP contribution in [-0.4, -0.2) is 37.2 Å². The summed E-state index contributed by atoms with van der Waals surface area (Å²) in [4.78, 5) is 38.1. The van der Waals surface area contributed by atoms with E-state index in [1.54, 1.807) is 0 Å². The number of hydrogen-bond acceptors (Lipinski definition) is 6. The third-order valence-electron chi connectivity index (χ3n) is 13.0. The Morgan fingerprint density at radius 2 is 0.524 bits per heavy atom. The van der Waals surface area contributed by atoms with Gasteiger partial charge in [0, 0.05) is 19.3 Å². The molecule has 0 aromatic heterocycles. The molecule has 0 aliphatic rings. The van der Waals surface area contributed by atoms with Gasteiger partial charge in [0.05, 0.1) is 0 Å². The first kappa shape index (κ1) is 61.4. The largest absolute Gasteiger partial charge is 0.462 e. The number of carbonyl (C=O) groups is 3. The van der Waals surface area contributed by atoms with Gasteiger partial charge in [-0.3, -0.25) is 14.4 Å².